The summed E-state index contributed by atoms with van der Waals surface area (Å²) in [5, 5.41) is 5.81. The standard InChI is InChI=1S/C15H18N6O2S.C7H8O/c1-9-6-11(14(22)21-5-2-10(16)8-21)13(24-9)20-15(23)19-12-7-17-3-4-18-12;1-8-7-5-3-2-4-6-7/h3-4,6-7,10H,2,5,8,16H2,1H3,(H2,18,19,20,23);2-6H,1H3. The van der Waals surface area contributed by atoms with Crippen molar-refractivity contribution in [2.45, 2.75) is 19.4 Å². The molecule has 3 heterocycles. The number of nitrogens with one attached hydrogen (secondary N) is 2. The lowest BCUT2D eigenvalue weighted by atomic mass is 10.2. The molecule has 0 spiro atoms. The summed E-state index contributed by atoms with van der Waals surface area (Å²) in [4.78, 5) is 35.3. The van der Waals surface area contributed by atoms with Crippen LogP contribution in [0.2, 0.25) is 0 Å². The second kappa shape index (κ2) is 11.2. The monoisotopic (exact) mass is 454 g/mol. The Labute approximate surface area is 190 Å². The van der Waals surface area contributed by atoms with Gasteiger partial charge in [-0.25, -0.2) is 9.78 Å². The van der Waals surface area contributed by atoms with E-state index in [0.29, 0.717) is 29.5 Å². The van der Waals surface area contributed by atoms with Crippen LogP contribution in [0.15, 0.2) is 55.0 Å². The van der Waals surface area contributed by atoms with Gasteiger partial charge in [0.2, 0.25) is 0 Å². The first-order chi connectivity index (χ1) is 15.5. The van der Waals surface area contributed by atoms with E-state index in [-0.39, 0.29) is 11.9 Å². The second-order valence-electron chi connectivity index (χ2n) is 7.09. The van der Waals surface area contributed by atoms with Gasteiger partial charge in [0.1, 0.15) is 10.8 Å². The van der Waals surface area contributed by atoms with Crippen LogP contribution in [-0.4, -0.2) is 53.0 Å². The van der Waals surface area contributed by atoms with Crippen molar-refractivity contribution in [1.29, 1.82) is 0 Å². The number of aromatic nitrogens is 2. The lowest BCUT2D eigenvalue weighted by Crippen LogP contribution is -2.32. The Balaban J connectivity index is 0.000000305. The van der Waals surface area contributed by atoms with Crippen LogP contribution in [0.5, 0.6) is 5.75 Å². The average molecular weight is 455 g/mol. The molecule has 9 nitrogen and oxygen atoms in total. The fourth-order valence-corrected chi connectivity index (χ4v) is 3.98. The molecule has 1 aliphatic rings. The van der Waals surface area contributed by atoms with Gasteiger partial charge >= 0.3 is 6.03 Å². The number of methoxy groups -OCH3 is 1. The summed E-state index contributed by atoms with van der Waals surface area (Å²) in [6, 6.07) is 11.0. The van der Waals surface area contributed by atoms with Crippen molar-refractivity contribution in [2.24, 2.45) is 5.73 Å². The molecule has 1 fully saturated rings. The molecule has 3 amide bonds. The minimum absolute atomic E-state index is 0.0186. The quantitative estimate of drug-likeness (QED) is 0.556. The summed E-state index contributed by atoms with van der Waals surface area (Å²) < 4.78 is 4.91. The van der Waals surface area contributed by atoms with Crippen molar-refractivity contribution in [1.82, 2.24) is 14.9 Å². The summed E-state index contributed by atoms with van der Waals surface area (Å²) in [6.07, 6.45) is 5.24. The highest BCUT2D eigenvalue weighted by Gasteiger charge is 2.27. The van der Waals surface area contributed by atoms with Crippen molar-refractivity contribution in [2.75, 3.05) is 30.8 Å². The summed E-state index contributed by atoms with van der Waals surface area (Å²) in [5.41, 5.74) is 6.35. The summed E-state index contributed by atoms with van der Waals surface area (Å²) in [6.45, 7) is 3.07. The molecule has 0 bridgehead atoms. The number of carbonyl (C=O) groups excluding carboxylic acids is 2. The minimum atomic E-state index is -0.468. The van der Waals surface area contributed by atoms with Crippen LogP contribution in [0.3, 0.4) is 0 Å². The van der Waals surface area contributed by atoms with Gasteiger partial charge in [0, 0.05) is 36.4 Å². The lowest BCUT2D eigenvalue weighted by Gasteiger charge is -2.16. The highest BCUT2D eigenvalue weighted by molar-refractivity contribution is 7.16. The second-order valence-corrected chi connectivity index (χ2v) is 8.34. The Hall–Kier alpha value is -3.50. The number of anilines is 2. The number of urea groups is 1. The maximum atomic E-state index is 12.6. The molecule has 1 aliphatic heterocycles. The maximum Gasteiger partial charge on any atom is 0.325 e. The molecule has 1 unspecified atom stereocenters. The molecule has 1 atom stereocenters. The van der Waals surface area contributed by atoms with Crippen LogP contribution in [0.4, 0.5) is 15.6 Å². The molecule has 1 aromatic carbocycles. The molecular weight excluding hydrogens is 428 g/mol. The molecular formula is C22H26N6O3S. The van der Waals surface area contributed by atoms with Crippen LogP contribution < -0.4 is 21.1 Å². The molecule has 4 rings (SSSR count). The van der Waals surface area contributed by atoms with Crippen LogP contribution in [0.1, 0.15) is 21.7 Å². The number of nitrogens with two attached hydrogens (primary N) is 1. The van der Waals surface area contributed by atoms with Gasteiger partial charge in [0.25, 0.3) is 5.91 Å². The zero-order valence-electron chi connectivity index (χ0n) is 17.9. The van der Waals surface area contributed by atoms with Gasteiger partial charge in [-0.1, -0.05) is 18.2 Å². The van der Waals surface area contributed by atoms with E-state index < -0.39 is 6.03 Å². The van der Waals surface area contributed by atoms with E-state index in [4.69, 9.17) is 10.5 Å². The van der Waals surface area contributed by atoms with E-state index in [9.17, 15) is 9.59 Å². The Morgan fingerprint density at radius 1 is 1.22 bits per heavy atom. The van der Waals surface area contributed by atoms with Gasteiger partial charge < -0.3 is 15.4 Å². The zero-order valence-corrected chi connectivity index (χ0v) is 18.8. The number of hydrogen-bond donors (Lipinski definition) is 3. The molecule has 0 radical (unpaired) electrons. The van der Waals surface area contributed by atoms with Crippen LogP contribution in [0.25, 0.3) is 0 Å². The molecule has 1 saturated heterocycles. The fourth-order valence-electron chi connectivity index (χ4n) is 3.08. The number of hydrogen-bond acceptors (Lipinski definition) is 7. The molecule has 4 N–H and O–H groups in total. The van der Waals surface area contributed by atoms with E-state index in [1.807, 2.05) is 37.3 Å². The van der Waals surface area contributed by atoms with Crippen molar-refractivity contribution in [3.63, 3.8) is 0 Å². The van der Waals surface area contributed by atoms with Crippen LogP contribution in [-0.2, 0) is 0 Å². The Morgan fingerprint density at radius 3 is 2.59 bits per heavy atom. The number of likely N-dealkylation sites (tertiary alicyclic amines) is 1. The number of aryl methyl sites for hydroxylation is 1. The first-order valence-corrected chi connectivity index (χ1v) is 10.9. The average Bonchev–Trinajstić information content (AvgIpc) is 3.40. The number of nitrogens with zero attached hydrogens (tertiary/aromatic N) is 3. The smallest absolute Gasteiger partial charge is 0.325 e. The first-order valence-electron chi connectivity index (χ1n) is 10.0. The van der Waals surface area contributed by atoms with Crippen LogP contribution in [0, 0.1) is 6.92 Å². The molecule has 168 valence electrons. The molecule has 0 saturated carbocycles. The van der Waals surface area contributed by atoms with Crippen molar-refractivity contribution in [3.05, 3.63) is 65.4 Å². The number of thiophene rings is 1. The zero-order chi connectivity index (χ0) is 22.9. The van der Waals surface area contributed by atoms with Gasteiger partial charge in [0.15, 0.2) is 5.82 Å². The van der Waals surface area contributed by atoms with Crippen molar-refractivity contribution in [3.8, 4) is 5.75 Å². The summed E-state index contributed by atoms with van der Waals surface area (Å²) in [7, 11) is 1.66. The molecule has 3 aromatic rings. The Bertz CT molecular complexity index is 1030. The number of amides is 3. The predicted octanol–water partition coefficient (Wildman–Crippen LogP) is 3.36. The van der Waals surface area contributed by atoms with Crippen molar-refractivity contribution < 1.29 is 14.3 Å². The molecule has 10 heteroatoms. The van der Waals surface area contributed by atoms with Crippen LogP contribution >= 0.6 is 11.3 Å². The molecule has 2 aromatic heterocycles. The van der Waals surface area contributed by atoms with E-state index in [1.165, 1.54) is 29.9 Å². The molecule has 0 aliphatic carbocycles. The normalized spacial score (nSPS) is 14.8. The number of rotatable bonds is 4. The third-order valence-corrected chi connectivity index (χ3v) is 5.57. The first kappa shape index (κ1) is 23.2. The van der Waals surface area contributed by atoms with E-state index in [2.05, 4.69) is 20.6 Å². The van der Waals surface area contributed by atoms with Gasteiger partial charge in [-0.05, 0) is 31.5 Å². The third kappa shape index (κ3) is 6.50. The SMILES string of the molecule is COc1ccccc1.Cc1cc(C(=O)N2CCC(N)C2)c(NC(=O)Nc2cnccn2)s1. The van der Waals surface area contributed by atoms with Gasteiger partial charge in [0.05, 0.1) is 18.9 Å². The molecule has 32 heavy (non-hydrogen) atoms. The third-order valence-electron chi connectivity index (χ3n) is 4.61. The number of carbonyl (C=O) groups is 2. The van der Waals surface area contributed by atoms with Crippen molar-refractivity contribution >= 4 is 34.1 Å². The fraction of sp³-hybridized carbons (Fsp3) is 0.273. The largest absolute Gasteiger partial charge is 0.497 e. The summed E-state index contributed by atoms with van der Waals surface area (Å²) >= 11 is 1.35. The van der Waals surface area contributed by atoms with Gasteiger partial charge in [-0.2, -0.15) is 0 Å². The highest BCUT2D eigenvalue weighted by atomic mass is 32.1. The predicted molar refractivity (Wildman–Crippen MR) is 125 cm³/mol. The highest BCUT2D eigenvalue weighted by Crippen LogP contribution is 2.29. The minimum Gasteiger partial charge on any atom is -0.497 e. The number of ether oxygens (including phenoxy) is 1. The lowest BCUT2D eigenvalue weighted by molar-refractivity contribution is 0.0792. The summed E-state index contributed by atoms with van der Waals surface area (Å²) in [5.74, 6) is 1.14. The van der Waals surface area contributed by atoms with E-state index in [0.717, 1.165) is 17.0 Å². The van der Waals surface area contributed by atoms with Gasteiger partial charge in [-0.15, -0.1) is 11.3 Å². The number of benzene rings is 1. The Kier molecular flexibility index (Phi) is 8.12. The van der Waals surface area contributed by atoms with Gasteiger partial charge in [-0.3, -0.25) is 20.4 Å². The number of para-hydroxylation sites is 1. The Morgan fingerprint density at radius 2 is 2.00 bits per heavy atom. The van der Waals surface area contributed by atoms with E-state index >= 15 is 0 Å². The van der Waals surface area contributed by atoms with E-state index in [1.54, 1.807) is 18.1 Å². The maximum absolute atomic E-state index is 12.6. The topological polar surface area (TPSA) is 122 Å².